The van der Waals surface area contributed by atoms with Crippen LogP contribution in [-0.2, 0) is 35.5 Å². The van der Waals surface area contributed by atoms with Gasteiger partial charge in [0.15, 0.2) is 0 Å². The Morgan fingerprint density at radius 2 is 2.10 bits per heavy atom. The fraction of sp³-hybridized carbons (Fsp3) is 0.455. The van der Waals surface area contributed by atoms with E-state index in [0.29, 0.717) is 25.9 Å². The molecular formula is C22H28N6O3. The molecule has 1 aliphatic heterocycles. The lowest BCUT2D eigenvalue weighted by molar-refractivity contribution is -0.128. The Morgan fingerprint density at radius 3 is 2.90 bits per heavy atom. The summed E-state index contributed by atoms with van der Waals surface area (Å²) in [7, 11) is 0. The van der Waals surface area contributed by atoms with Crippen molar-refractivity contribution < 1.29 is 9.59 Å². The van der Waals surface area contributed by atoms with Gasteiger partial charge in [-0.25, -0.2) is 9.48 Å². The molecule has 0 saturated carbocycles. The third-order valence-corrected chi connectivity index (χ3v) is 5.67. The Morgan fingerprint density at radius 1 is 1.26 bits per heavy atom. The summed E-state index contributed by atoms with van der Waals surface area (Å²) in [6.07, 6.45) is 5.76. The standard InChI is InChI=1S/C22H28N6O3/c1-15(29)25-19(13-16-14-24-18-8-3-2-7-17(16)18)21(30)23-10-6-12-28-22(31)27-11-5-4-9-20(27)26-28/h2-3,7-8,14,19,24H,4-6,9-13H2,1H3,(H,23,30)(H,25,29). The normalized spacial score (nSPS) is 14.2. The number of carbonyl (C=O) groups is 2. The molecule has 3 heterocycles. The van der Waals surface area contributed by atoms with Gasteiger partial charge in [0.1, 0.15) is 11.9 Å². The minimum absolute atomic E-state index is 0.0727. The number of hydrogen-bond donors (Lipinski definition) is 3. The molecule has 2 amide bonds. The lowest BCUT2D eigenvalue weighted by Gasteiger charge is -2.17. The van der Waals surface area contributed by atoms with Gasteiger partial charge < -0.3 is 15.6 Å². The molecule has 0 spiro atoms. The fourth-order valence-corrected chi connectivity index (χ4v) is 4.13. The van der Waals surface area contributed by atoms with E-state index in [0.717, 1.165) is 48.1 Å². The summed E-state index contributed by atoms with van der Waals surface area (Å²) in [6.45, 7) is 2.99. The number of aromatic amines is 1. The van der Waals surface area contributed by atoms with Crippen LogP contribution in [0.25, 0.3) is 10.9 Å². The van der Waals surface area contributed by atoms with E-state index in [9.17, 15) is 14.4 Å². The second-order valence-corrected chi connectivity index (χ2v) is 7.99. The molecule has 0 fully saturated rings. The molecule has 9 nitrogen and oxygen atoms in total. The van der Waals surface area contributed by atoms with Crippen molar-refractivity contribution in [2.75, 3.05) is 6.54 Å². The molecule has 0 aliphatic carbocycles. The summed E-state index contributed by atoms with van der Waals surface area (Å²) in [4.78, 5) is 40.0. The van der Waals surface area contributed by atoms with E-state index in [1.165, 1.54) is 11.6 Å². The number of hydrogen-bond acceptors (Lipinski definition) is 4. The van der Waals surface area contributed by atoms with Crippen molar-refractivity contribution in [3.63, 3.8) is 0 Å². The lowest BCUT2D eigenvalue weighted by atomic mass is 10.0. The van der Waals surface area contributed by atoms with Gasteiger partial charge in [-0.3, -0.25) is 14.2 Å². The molecule has 1 unspecified atom stereocenters. The average molecular weight is 425 g/mol. The predicted octanol–water partition coefficient (Wildman–Crippen LogP) is 1.12. The number of benzene rings is 1. The number of aryl methyl sites for hydroxylation is 2. The van der Waals surface area contributed by atoms with Crippen molar-refractivity contribution in [2.24, 2.45) is 0 Å². The first-order valence-electron chi connectivity index (χ1n) is 10.8. The van der Waals surface area contributed by atoms with Gasteiger partial charge >= 0.3 is 5.69 Å². The first-order chi connectivity index (χ1) is 15.0. The van der Waals surface area contributed by atoms with E-state index < -0.39 is 6.04 Å². The van der Waals surface area contributed by atoms with Gasteiger partial charge in [0, 0.05) is 56.5 Å². The molecule has 9 heteroatoms. The van der Waals surface area contributed by atoms with Crippen LogP contribution < -0.4 is 16.3 Å². The van der Waals surface area contributed by atoms with Gasteiger partial charge in [-0.1, -0.05) is 18.2 Å². The van der Waals surface area contributed by atoms with E-state index in [4.69, 9.17) is 0 Å². The number of amides is 2. The highest BCUT2D eigenvalue weighted by molar-refractivity contribution is 5.89. The smallest absolute Gasteiger partial charge is 0.345 e. The van der Waals surface area contributed by atoms with E-state index >= 15 is 0 Å². The lowest BCUT2D eigenvalue weighted by Crippen LogP contribution is -2.47. The Labute approximate surface area is 179 Å². The van der Waals surface area contributed by atoms with Gasteiger partial charge in [-0.2, -0.15) is 5.10 Å². The summed E-state index contributed by atoms with van der Waals surface area (Å²) < 4.78 is 3.24. The van der Waals surface area contributed by atoms with Crippen LogP contribution in [0.2, 0.25) is 0 Å². The van der Waals surface area contributed by atoms with Gasteiger partial charge in [0.2, 0.25) is 11.8 Å². The Bertz CT molecular complexity index is 1140. The van der Waals surface area contributed by atoms with Gasteiger partial charge in [0.25, 0.3) is 0 Å². The Balaban J connectivity index is 1.34. The first kappa shape index (κ1) is 20.9. The molecule has 164 valence electrons. The maximum absolute atomic E-state index is 12.8. The van der Waals surface area contributed by atoms with Crippen molar-refractivity contribution in [1.82, 2.24) is 30.0 Å². The number of nitrogens with zero attached hydrogens (tertiary/aromatic N) is 3. The van der Waals surface area contributed by atoms with Crippen molar-refractivity contribution in [3.05, 3.63) is 52.3 Å². The highest BCUT2D eigenvalue weighted by Gasteiger charge is 2.21. The van der Waals surface area contributed by atoms with Crippen molar-refractivity contribution >= 4 is 22.7 Å². The molecule has 1 aromatic carbocycles. The van der Waals surface area contributed by atoms with Crippen molar-refractivity contribution in [3.8, 4) is 0 Å². The predicted molar refractivity (Wildman–Crippen MR) is 117 cm³/mol. The summed E-state index contributed by atoms with van der Waals surface area (Å²) in [5.41, 5.74) is 1.89. The molecule has 2 aromatic heterocycles. The van der Waals surface area contributed by atoms with Crippen LogP contribution in [0.5, 0.6) is 0 Å². The summed E-state index contributed by atoms with van der Waals surface area (Å²) >= 11 is 0. The second-order valence-electron chi connectivity index (χ2n) is 7.99. The first-order valence-corrected chi connectivity index (χ1v) is 10.8. The summed E-state index contributed by atoms with van der Waals surface area (Å²) in [5.74, 6) is 0.358. The quantitative estimate of drug-likeness (QED) is 0.470. The van der Waals surface area contributed by atoms with Gasteiger partial charge in [-0.05, 0) is 30.9 Å². The molecule has 0 saturated heterocycles. The van der Waals surface area contributed by atoms with Crippen LogP contribution in [0, 0.1) is 0 Å². The number of rotatable bonds is 8. The van der Waals surface area contributed by atoms with E-state index in [-0.39, 0.29) is 17.5 Å². The van der Waals surface area contributed by atoms with Crippen molar-refractivity contribution in [2.45, 2.75) is 58.2 Å². The van der Waals surface area contributed by atoms with Crippen LogP contribution in [0.4, 0.5) is 0 Å². The molecule has 1 aliphatic rings. The highest BCUT2D eigenvalue weighted by Crippen LogP contribution is 2.19. The zero-order chi connectivity index (χ0) is 21.8. The molecule has 0 bridgehead atoms. The zero-order valence-electron chi connectivity index (χ0n) is 17.7. The van der Waals surface area contributed by atoms with Crippen LogP contribution in [-0.4, -0.2) is 43.7 Å². The largest absolute Gasteiger partial charge is 0.361 e. The van der Waals surface area contributed by atoms with E-state index in [2.05, 4.69) is 20.7 Å². The number of H-pyrrole nitrogens is 1. The maximum atomic E-state index is 12.8. The fourth-order valence-electron chi connectivity index (χ4n) is 4.13. The average Bonchev–Trinajstić information content (AvgIpc) is 3.31. The Hall–Kier alpha value is -3.36. The molecule has 3 N–H and O–H groups in total. The van der Waals surface area contributed by atoms with Crippen LogP contribution in [0.3, 0.4) is 0 Å². The maximum Gasteiger partial charge on any atom is 0.345 e. The van der Waals surface area contributed by atoms with Crippen LogP contribution in [0.15, 0.2) is 35.3 Å². The van der Waals surface area contributed by atoms with Gasteiger partial charge in [-0.15, -0.1) is 0 Å². The van der Waals surface area contributed by atoms with Crippen LogP contribution in [0.1, 0.15) is 37.6 Å². The Kier molecular flexibility index (Phi) is 6.20. The molecule has 31 heavy (non-hydrogen) atoms. The topological polar surface area (TPSA) is 114 Å². The third-order valence-electron chi connectivity index (χ3n) is 5.67. The van der Waals surface area contributed by atoms with E-state index in [1.807, 2.05) is 30.5 Å². The monoisotopic (exact) mass is 424 g/mol. The van der Waals surface area contributed by atoms with E-state index in [1.54, 1.807) is 4.57 Å². The number of carbonyl (C=O) groups excluding carboxylic acids is 2. The minimum Gasteiger partial charge on any atom is -0.361 e. The zero-order valence-corrected chi connectivity index (χ0v) is 17.7. The number of aromatic nitrogens is 4. The van der Waals surface area contributed by atoms with Crippen LogP contribution >= 0.6 is 0 Å². The second kappa shape index (κ2) is 9.20. The molecule has 0 radical (unpaired) electrons. The number of fused-ring (bicyclic) bond motifs is 2. The number of nitrogens with one attached hydrogen (secondary N) is 3. The number of para-hydroxylation sites is 1. The third kappa shape index (κ3) is 4.70. The van der Waals surface area contributed by atoms with Crippen molar-refractivity contribution in [1.29, 1.82) is 0 Å². The van der Waals surface area contributed by atoms with Gasteiger partial charge in [0.05, 0.1) is 0 Å². The molecule has 1 atom stereocenters. The summed E-state index contributed by atoms with van der Waals surface area (Å²) in [6, 6.07) is 7.19. The summed E-state index contributed by atoms with van der Waals surface area (Å²) in [5, 5.41) is 11.1. The molecule has 3 aromatic rings. The minimum atomic E-state index is -0.667. The molecular weight excluding hydrogens is 396 g/mol. The SMILES string of the molecule is CC(=O)NC(Cc1c[nH]c2ccccc12)C(=O)NCCCn1nc2n(c1=O)CCCC2. The highest BCUT2D eigenvalue weighted by atomic mass is 16.2. The molecule has 4 rings (SSSR count).